The Morgan fingerprint density at radius 3 is 2.54 bits per heavy atom. The maximum absolute atomic E-state index is 13.6. The number of hydrogen-bond acceptors (Lipinski definition) is 6. The molecule has 1 saturated carbocycles. The summed E-state index contributed by atoms with van der Waals surface area (Å²) in [6, 6.07) is 6.93. The van der Waals surface area contributed by atoms with Crippen molar-refractivity contribution in [1.29, 1.82) is 0 Å². The lowest BCUT2D eigenvalue weighted by molar-refractivity contribution is -0.131. The molecule has 1 unspecified atom stereocenters. The van der Waals surface area contributed by atoms with Gasteiger partial charge in [-0.2, -0.15) is 8.78 Å². The molecule has 1 aliphatic heterocycles. The summed E-state index contributed by atoms with van der Waals surface area (Å²) in [6.07, 6.45) is 4.92. The second-order valence-electron chi connectivity index (χ2n) is 10.2. The number of nitrogens with zero attached hydrogens (tertiary/aromatic N) is 1. The SMILES string of the molecule is C=CC(F)(F)Oc1ccccc1CCCCC1=NC=C(NO)C(NCC2CCC(NCC(F)F)CC2)=CC1C. The monoisotopic (exact) mass is 552 g/mol. The fourth-order valence-electron chi connectivity index (χ4n) is 5.01. The van der Waals surface area contributed by atoms with Gasteiger partial charge in [-0.05, 0) is 68.9 Å². The average Bonchev–Trinajstić information content (AvgIpc) is 3.07. The van der Waals surface area contributed by atoms with E-state index in [1.54, 1.807) is 24.4 Å². The number of para-hydroxylation sites is 1. The Balaban J connectivity index is 1.48. The number of nitrogens with one attached hydrogen (secondary N) is 3. The normalized spacial score (nSPS) is 21.9. The predicted octanol–water partition coefficient (Wildman–Crippen LogP) is 6.35. The molecule has 1 aliphatic carbocycles. The number of aliphatic imine (C=N–C) groups is 1. The summed E-state index contributed by atoms with van der Waals surface area (Å²) >= 11 is 0. The minimum Gasteiger partial charge on any atom is -0.429 e. The minimum absolute atomic E-state index is 0.0331. The molecule has 0 amide bonds. The van der Waals surface area contributed by atoms with Crippen molar-refractivity contribution in [3.8, 4) is 5.75 Å². The van der Waals surface area contributed by atoms with Gasteiger partial charge >= 0.3 is 6.11 Å². The lowest BCUT2D eigenvalue weighted by Crippen LogP contribution is -2.38. The maximum Gasteiger partial charge on any atom is 0.419 e. The van der Waals surface area contributed by atoms with Gasteiger partial charge in [-0.3, -0.25) is 15.7 Å². The first-order valence-electron chi connectivity index (χ1n) is 13.6. The van der Waals surface area contributed by atoms with Crippen LogP contribution in [0.2, 0.25) is 0 Å². The molecule has 0 radical (unpaired) electrons. The zero-order valence-electron chi connectivity index (χ0n) is 22.4. The molecule has 10 heteroatoms. The van der Waals surface area contributed by atoms with Gasteiger partial charge in [0.1, 0.15) is 11.4 Å². The average molecular weight is 553 g/mol. The molecule has 0 saturated heterocycles. The number of hydrogen-bond donors (Lipinski definition) is 4. The highest BCUT2D eigenvalue weighted by molar-refractivity contribution is 5.89. The molecule has 0 spiro atoms. The van der Waals surface area contributed by atoms with Gasteiger partial charge in [-0.1, -0.05) is 37.8 Å². The summed E-state index contributed by atoms with van der Waals surface area (Å²) in [5.41, 5.74) is 5.17. The smallest absolute Gasteiger partial charge is 0.419 e. The van der Waals surface area contributed by atoms with E-state index in [2.05, 4.69) is 34.6 Å². The first kappa shape index (κ1) is 30.7. The number of benzene rings is 1. The molecule has 39 heavy (non-hydrogen) atoms. The second kappa shape index (κ2) is 15.1. The highest BCUT2D eigenvalue weighted by Crippen LogP contribution is 2.28. The first-order chi connectivity index (χ1) is 18.7. The van der Waals surface area contributed by atoms with E-state index in [0.29, 0.717) is 29.7 Å². The molecule has 0 bridgehead atoms. The molecule has 2 aliphatic rings. The molecule has 0 aromatic heterocycles. The van der Waals surface area contributed by atoms with Crippen molar-refractivity contribution >= 4 is 5.71 Å². The topological polar surface area (TPSA) is 77.9 Å². The molecule has 1 atom stereocenters. The Hall–Kier alpha value is -2.85. The fraction of sp³-hybridized carbons (Fsp3) is 0.552. The highest BCUT2D eigenvalue weighted by atomic mass is 19.3. The van der Waals surface area contributed by atoms with Crippen molar-refractivity contribution in [2.75, 3.05) is 13.1 Å². The summed E-state index contributed by atoms with van der Waals surface area (Å²) in [6.45, 7) is 5.64. The maximum atomic E-state index is 13.6. The van der Waals surface area contributed by atoms with Gasteiger partial charge in [0.05, 0.1) is 18.4 Å². The number of rotatable bonds is 15. The number of alkyl halides is 4. The Morgan fingerprint density at radius 1 is 1.13 bits per heavy atom. The Bertz CT molecular complexity index is 1020. The first-order valence-corrected chi connectivity index (χ1v) is 13.6. The van der Waals surface area contributed by atoms with E-state index in [0.717, 1.165) is 62.9 Å². The van der Waals surface area contributed by atoms with E-state index in [4.69, 9.17) is 4.74 Å². The Kier molecular flexibility index (Phi) is 11.9. The largest absolute Gasteiger partial charge is 0.429 e. The van der Waals surface area contributed by atoms with Gasteiger partial charge in [0.25, 0.3) is 6.43 Å². The van der Waals surface area contributed by atoms with Crippen molar-refractivity contribution in [2.45, 2.75) is 76.9 Å². The van der Waals surface area contributed by atoms with Gasteiger partial charge in [0.15, 0.2) is 0 Å². The van der Waals surface area contributed by atoms with E-state index < -0.39 is 12.5 Å². The lowest BCUT2D eigenvalue weighted by Gasteiger charge is -2.30. The van der Waals surface area contributed by atoms with Crippen LogP contribution < -0.4 is 20.9 Å². The van der Waals surface area contributed by atoms with Crippen molar-refractivity contribution in [1.82, 2.24) is 16.1 Å². The highest BCUT2D eigenvalue weighted by Gasteiger charge is 2.27. The molecule has 216 valence electrons. The fourth-order valence-corrected chi connectivity index (χ4v) is 5.01. The molecular formula is C29H40F4N4O2. The Labute approximate surface area is 228 Å². The molecule has 1 aromatic carbocycles. The minimum atomic E-state index is -3.42. The Morgan fingerprint density at radius 2 is 1.85 bits per heavy atom. The van der Waals surface area contributed by atoms with Gasteiger partial charge < -0.3 is 15.4 Å². The number of allylic oxidation sites excluding steroid dienone is 1. The van der Waals surface area contributed by atoms with Crippen molar-refractivity contribution in [3.05, 3.63) is 66.2 Å². The third-order valence-electron chi connectivity index (χ3n) is 7.29. The van der Waals surface area contributed by atoms with E-state index in [-0.39, 0.29) is 24.3 Å². The molecule has 1 aromatic rings. The van der Waals surface area contributed by atoms with Crippen LogP contribution in [0.1, 0.15) is 57.4 Å². The number of hydroxylamine groups is 1. The van der Waals surface area contributed by atoms with Crippen LogP contribution in [-0.2, 0) is 6.42 Å². The standard InChI is InChI=1S/C29H40F4N4O2/c1-3-29(32,33)39-27-11-7-5-9-22(27)8-4-6-10-24-20(2)16-25(26(37-38)18-36-24)35-17-21-12-14-23(15-13-21)34-19-28(30)31/h3,5,7,9,11,16,18,20-21,23,28,34-35,37-38H,1,4,6,8,10,12-15,17,19H2,2H3. The number of aryl methyl sites for hydroxylation is 1. The third-order valence-corrected chi connectivity index (χ3v) is 7.29. The van der Waals surface area contributed by atoms with Crippen LogP contribution in [0.3, 0.4) is 0 Å². The molecular weight excluding hydrogens is 512 g/mol. The zero-order chi connectivity index (χ0) is 28.3. The molecule has 6 nitrogen and oxygen atoms in total. The summed E-state index contributed by atoms with van der Waals surface area (Å²) in [5, 5.41) is 16.1. The summed E-state index contributed by atoms with van der Waals surface area (Å²) in [5.74, 6) is 0.610. The van der Waals surface area contributed by atoms with E-state index >= 15 is 0 Å². The van der Waals surface area contributed by atoms with Crippen LogP contribution in [0.5, 0.6) is 5.75 Å². The number of ether oxygens (including phenoxy) is 1. The summed E-state index contributed by atoms with van der Waals surface area (Å²) in [7, 11) is 0. The van der Waals surface area contributed by atoms with Crippen molar-refractivity contribution in [3.63, 3.8) is 0 Å². The quantitative estimate of drug-likeness (QED) is 0.0882. The third kappa shape index (κ3) is 10.0. The van der Waals surface area contributed by atoms with Gasteiger partial charge in [-0.25, -0.2) is 8.78 Å². The van der Waals surface area contributed by atoms with Crippen LogP contribution in [0.25, 0.3) is 0 Å². The van der Waals surface area contributed by atoms with Gasteiger partial charge in [0.2, 0.25) is 0 Å². The van der Waals surface area contributed by atoms with Crippen LogP contribution in [-0.4, -0.2) is 42.6 Å². The van der Waals surface area contributed by atoms with Crippen molar-refractivity contribution in [2.24, 2.45) is 16.8 Å². The van der Waals surface area contributed by atoms with Crippen molar-refractivity contribution < 1.29 is 27.5 Å². The molecule has 1 fully saturated rings. The van der Waals surface area contributed by atoms with Crippen LogP contribution in [0.4, 0.5) is 17.6 Å². The van der Waals surface area contributed by atoms with Gasteiger partial charge in [0, 0.05) is 30.3 Å². The molecule has 1 heterocycles. The number of unbranched alkanes of at least 4 members (excludes halogenated alkanes) is 1. The predicted molar refractivity (Wildman–Crippen MR) is 145 cm³/mol. The summed E-state index contributed by atoms with van der Waals surface area (Å²) < 4.78 is 57.0. The van der Waals surface area contributed by atoms with E-state index in [1.165, 1.54) is 6.07 Å². The van der Waals surface area contributed by atoms with Crippen LogP contribution in [0.15, 0.2) is 65.6 Å². The van der Waals surface area contributed by atoms with E-state index in [1.807, 2.05) is 6.08 Å². The van der Waals surface area contributed by atoms with E-state index in [9.17, 15) is 22.8 Å². The molecule has 4 N–H and O–H groups in total. The number of halogens is 4. The summed E-state index contributed by atoms with van der Waals surface area (Å²) in [4.78, 5) is 4.60. The second-order valence-corrected chi connectivity index (χ2v) is 10.2. The zero-order valence-corrected chi connectivity index (χ0v) is 22.4. The lowest BCUT2D eigenvalue weighted by atomic mass is 9.86. The van der Waals surface area contributed by atoms with Crippen LogP contribution >= 0.6 is 0 Å². The van der Waals surface area contributed by atoms with Gasteiger partial charge in [-0.15, -0.1) is 0 Å². The van der Waals surface area contributed by atoms with Crippen LogP contribution in [0, 0.1) is 11.8 Å². The molecule has 3 rings (SSSR count).